The van der Waals surface area contributed by atoms with Gasteiger partial charge in [0.25, 0.3) is 0 Å². The maximum atomic E-state index is 2.83. The minimum atomic E-state index is 0.504. The summed E-state index contributed by atoms with van der Waals surface area (Å²) in [5, 5.41) is 41.5. The lowest BCUT2D eigenvalue weighted by molar-refractivity contribution is 0.410. The molecule has 744 valence electrons. The molecule has 0 aliphatic carbocycles. The highest BCUT2D eigenvalue weighted by molar-refractivity contribution is 6.27. The molecule has 3 aromatic heterocycles. The van der Waals surface area contributed by atoms with Crippen LogP contribution in [0.4, 0.5) is 0 Å². The van der Waals surface area contributed by atoms with Gasteiger partial charge in [-0.3, -0.25) is 0 Å². The second-order valence-corrected chi connectivity index (χ2v) is 44.4. The van der Waals surface area contributed by atoms with Gasteiger partial charge in [-0.15, -0.1) is 0 Å². The molecular formula is C141H165N3. The van der Waals surface area contributed by atoms with Gasteiger partial charge in [-0.25, -0.2) is 0 Å². The largest absolute Gasteiger partial charge is 0.337 e. The van der Waals surface area contributed by atoms with Crippen LogP contribution in [0, 0.1) is 41.5 Å². The van der Waals surface area contributed by atoms with E-state index in [2.05, 4.69) is 352 Å². The Hall–Kier alpha value is -11.5. The molecule has 3 nitrogen and oxygen atoms in total. The molecule has 3 heterocycles. The fourth-order valence-electron chi connectivity index (χ4n) is 26.1. The second kappa shape index (κ2) is 47.8. The Balaban J connectivity index is 0.000000137. The number of benzene rings is 18. The second-order valence-electron chi connectivity index (χ2n) is 44.4. The Morgan fingerprint density at radius 1 is 0.139 bits per heavy atom. The van der Waals surface area contributed by atoms with E-state index >= 15 is 0 Å². The number of unbranched alkanes of at least 4 members (excludes halogenated alkanes) is 30. The van der Waals surface area contributed by atoms with E-state index in [1.807, 2.05) is 0 Å². The normalized spacial score (nSPS) is 12.3. The lowest BCUT2D eigenvalue weighted by Crippen LogP contribution is -2.09. The number of hydrogen-bond donors (Lipinski definition) is 0. The molecule has 0 unspecified atom stereocenters. The maximum absolute atomic E-state index is 2.83. The van der Waals surface area contributed by atoms with E-state index in [4.69, 9.17) is 0 Å². The first-order valence-electron chi connectivity index (χ1n) is 57.9. The van der Waals surface area contributed by atoms with Gasteiger partial charge in [-0.2, -0.15) is 0 Å². The lowest BCUT2D eigenvalue weighted by atomic mass is 9.94. The number of hydrogen-bond acceptors (Lipinski definition) is 0. The van der Waals surface area contributed by atoms with Crippen LogP contribution in [0.5, 0.6) is 0 Å². The molecule has 0 bridgehead atoms. The summed E-state index contributed by atoms with van der Waals surface area (Å²) in [5.41, 5.74) is 16.7. The van der Waals surface area contributed by atoms with Crippen molar-refractivity contribution in [2.75, 3.05) is 0 Å². The Morgan fingerprint density at radius 3 is 0.431 bits per heavy atom. The van der Waals surface area contributed by atoms with E-state index in [0.29, 0.717) is 18.1 Å². The van der Waals surface area contributed by atoms with Crippen LogP contribution in [-0.2, 0) is 0 Å². The van der Waals surface area contributed by atoms with Gasteiger partial charge in [0.05, 0.1) is 33.1 Å². The van der Waals surface area contributed by atoms with Crippen LogP contribution in [0.2, 0.25) is 0 Å². The van der Waals surface area contributed by atoms with Crippen molar-refractivity contribution in [2.24, 2.45) is 0 Å². The summed E-state index contributed by atoms with van der Waals surface area (Å²) in [6, 6.07) is 100. The van der Waals surface area contributed by atoms with Gasteiger partial charge < -0.3 is 13.7 Å². The molecule has 0 fully saturated rings. The molecule has 0 spiro atoms. The molecule has 3 heteroatoms. The summed E-state index contributed by atoms with van der Waals surface area (Å²) < 4.78 is 8.49. The van der Waals surface area contributed by atoms with Gasteiger partial charge in [-0.1, -0.05) is 455 Å². The van der Waals surface area contributed by atoms with E-state index in [0.717, 1.165) is 0 Å². The molecule has 0 N–H and O–H groups in total. The molecule has 21 aromatic rings. The maximum Gasteiger partial charge on any atom is 0.0500 e. The van der Waals surface area contributed by atoms with Crippen LogP contribution in [0.1, 0.15) is 363 Å². The zero-order chi connectivity index (χ0) is 99.1. The van der Waals surface area contributed by atoms with Gasteiger partial charge in [0.15, 0.2) is 0 Å². The van der Waals surface area contributed by atoms with Gasteiger partial charge in [0.2, 0.25) is 0 Å². The summed E-state index contributed by atoms with van der Waals surface area (Å²) in [4.78, 5) is 0. The number of nitrogens with zero attached hydrogens (tertiary/aromatic N) is 3. The summed E-state index contributed by atoms with van der Waals surface area (Å²) in [6.07, 6.45) is 56.2. The predicted molar refractivity (Wildman–Crippen MR) is 642 cm³/mol. The Bertz CT molecular complexity index is 6870. The Labute approximate surface area is 861 Å². The number of aryl methyl sites for hydroxylation is 6. The summed E-state index contributed by atoms with van der Waals surface area (Å²) in [6.45, 7) is 27.7. The average molecular weight is 1900 g/mol. The molecule has 0 saturated carbocycles. The quantitative estimate of drug-likeness (QED) is 0.0267. The minimum Gasteiger partial charge on any atom is -0.337 e. The molecule has 0 amide bonds. The standard InChI is InChI=1S/3C47H55N/c3*1-5-7-9-11-13-15-23-37(24-16-14-12-10-8-6-2)48-46-31-42-38-25-19-17-21-35(38)27-33(3)40(42)29-44(46)45-30-41-34(4)28-36-22-18-20-26-39(36)43(41)32-47(45)48/h3*17-22,25-32,37H,5-16,23-24H2,1-4H3. The molecule has 0 atom stereocenters. The van der Waals surface area contributed by atoms with Gasteiger partial charge in [0.1, 0.15) is 0 Å². The molecule has 18 aromatic carbocycles. The SMILES string of the molecule is CCCCCCCCC(CCCCCCCC)n1c2cc3c(cc2c2cc4c(C)cc5ccccc5c4cc21)c(C)cc1ccccc13.CCCCCCCCC(CCCCCCCC)n1c2cc3c(cc2c2cc4c(C)cc5ccccc5c4cc21)c(C)cc1ccccc13.CCCCCCCCC(CCCCCCCC)n1c2cc3c(cc2c2cc4c(C)cc5ccccc5c4cc21)c(C)cc1ccccc13. The highest BCUT2D eigenvalue weighted by Gasteiger charge is 2.28. The van der Waals surface area contributed by atoms with Crippen molar-refractivity contribution >= 4 is 195 Å². The highest BCUT2D eigenvalue weighted by Crippen LogP contribution is 2.49. The fourth-order valence-corrected chi connectivity index (χ4v) is 26.1. The van der Waals surface area contributed by atoms with Gasteiger partial charge in [-0.05, 0) is 316 Å². The average Bonchev–Trinajstić information content (AvgIpc) is 1.57. The van der Waals surface area contributed by atoms with E-state index in [1.165, 1.54) is 498 Å². The van der Waals surface area contributed by atoms with Crippen LogP contribution in [0.25, 0.3) is 195 Å². The van der Waals surface area contributed by atoms with Gasteiger partial charge >= 0.3 is 0 Å². The Morgan fingerprint density at radius 2 is 0.278 bits per heavy atom. The summed E-state index contributed by atoms with van der Waals surface area (Å²) >= 11 is 0. The molecule has 144 heavy (non-hydrogen) atoms. The summed E-state index contributed by atoms with van der Waals surface area (Å²) in [5.74, 6) is 0. The molecule has 0 aliphatic heterocycles. The van der Waals surface area contributed by atoms with Crippen molar-refractivity contribution in [3.05, 3.63) is 288 Å². The van der Waals surface area contributed by atoms with Crippen molar-refractivity contribution in [2.45, 2.75) is 371 Å². The number of rotatable bonds is 45. The zero-order valence-electron chi connectivity index (χ0n) is 90.0. The fraction of sp³-hybridized carbons (Fsp3) is 0.404. The highest BCUT2D eigenvalue weighted by atomic mass is 15.0. The van der Waals surface area contributed by atoms with Crippen molar-refractivity contribution < 1.29 is 0 Å². The van der Waals surface area contributed by atoms with E-state index in [9.17, 15) is 0 Å². The van der Waals surface area contributed by atoms with Crippen LogP contribution in [0.3, 0.4) is 0 Å². The van der Waals surface area contributed by atoms with Crippen molar-refractivity contribution in [1.29, 1.82) is 0 Å². The molecule has 0 radical (unpaired) electrons. The van der Waals surface area contributed by atoms with E-state index in [-0.39, 0.29) is 0 Å². The third-order valence-electron chi connectivity index (χ3n) is 34.0. The molecule has 0 aliphatic rings. The zero-order valence-corrected chi connectivity index (χ0v) is 90.0. The van der Waals surface area contributed by atoms with Crippen molar-refractivity contribution in [3.8, 4) is 0 Å². The molecular weight excluding hydrogens is 1740 g/mol. The first kappa shape index (κ1) is 101. The Kier molecular flexibility index (Phi) is 33.5. The van der Waals surface area contributed by atoms with Gasteiger partial charge in [0, 0.05) is 50.4 Å². The van der Waals surface area contributed by atoms with Crippen LogP contribution in [0.15, 0.2) is 255 Å². The van der Waals surface area contributed by atoms with E-state index in [1.54, 1.807) is 0 Å². The van der Waals surface area contributed by atoms with Crippen molar-refractivity contribution in [1.82, 2.24) is 13.7 Å². The topological polar surface area (TPSA) is 14.8 Å². The first-order valence-corrected chi connectivity index (χ1v) is 57.9. The lowest BCUT2D eigenvalue weighted by Gasteiger charge is -2.23. The van der Waals surface area contributed by atoms with Crippen LogP contribution >= 0.6 is 0 Å². The third-order valence-corrected chi connectivity index (χ3v) is 34.0. The minimum absolute atomic E-state index is 0.504. The number of fused-ring (bicyclic) bond motifs is 27. The van der Waals surface area contributed by atoms with Crippen LogP contribution in [-0.4, -0.2) is 13.7 Å². The monoisotopic (exact) mass is 1900 g/mol. The molecule has 0 saturated heterocycles. The predicted octanol–water partition coefficient (Wildman–Crippen LogP) is 45.2. The van der Waals surface area contributed by atoms with Crippen molar-refractivity contribution in [3.63, 3.8) is 0 Å². The molecule has 21 rings (SSSR count). The van der Waals surface area contributed by atoms with Crippen LogP contribution < -0.4 is 0 Å². The third kappa shape index (κ3) is 21.6. The van der Waals surface area contributed by atoms with E-state index < -0.39 is 0 Å². The summed E-state index contributed by atoms with van der Waals surface area (Å²) in [7, 11) is 0. The number of aromatic nitrogens is 3. The smallest absolute Gasteiger partial charge is 0.0500 e. The first-order chi connectivity index (χ1) is 70.8.